The molecule has 0 saturated heterocycles. The molecule has 4 nitrogen and oxygen atoms in total. The zero-order chi connectivity index (χ0) is 10.6. The fraction of sp³-hybridized carbons (Fsp3) is 0.333. The second kappa shape index (κ2) is 4.54. The molecule has 0 aliphatic heterocycles. The quantitative estimate of drug-likeness (QED) is 0.729. The van der Waals surface area contributed by atoms with Gasteiger partial charge in [-0.2, -0.15) is 0 Å². The molecule has 0 heterocycles. The number of benzene rings is 1. The first-order valence-electron chi connectivity index (χ1n) is 4.27. The standard InChI is InChI=1S/C9H14N2O2S/c10-6-9(11)14(12,13)7-8-4-2-1-3-5-8/h1-5,9H,6-7,10-11H2. The number of nitrogens with two attached hydrogens (primary N) is 2. The van der Waals surface area contributed by atoms with Crippen molar-refractivity contribution in [2.24, 2.45) is 11.5 Å². The molecule has 4 N–H and O–H groups in total. The second-order valence-electron chi connectivity index (χ2n) is 3.07. The summed E-state index contributed by atoms with van der Waals surface area (Å²) in [6, 6.07) is 8.91. The summed E-state index contributed by atoms with van der Waals surface area (Å²) in [6.45, 7) is -0.0465. The summed E-state index contributed by atoms with van der Waals surface area (Å²) in [5.41, 5.74) is 11.3. The van der Waals surface area contributed by atoms with Crippen LogP contribution in [0.15, 0.2) is 30.3 Å². The summed E-state index contributed by atoms with van der Waals surface area (Å²) in [5, 5.41) is -0.970. The van der Waals surface area contributed by atoms with Crippen molar-refractivity contribution in [3.05, 3.63) is 35.9 Å². The van der Waals surface area contributed by atoms with E-state index in [2.05, 4.69) is 0 Å². The van der Waals surface area contributed by atoms with Crippen molar-refractivity contribution >= 4 is 9.84 Å². The van der Waals surface area contributed by atoms with E-state index in [0.717, 1.165) is 5.56 Å². The van der Waals surface area contributed by atoms with Gasteiger partial charge in [-0.1, -0.05) is 30.3 Å². The lowest BCUT2D eigenvalue weighted by atomic mass is 10.2. The van der Waals surface area contributed by atoms with Crippen LogP contribution in [0.1, 0.15) is 5.56 Å². The smallest absolute Gasteiger partial charge is 0.171 e. The summed E-state index contributed by atoms with van der Waals surface area (Å²) in [6.07, 6.45) is 0. The maximum Gasteiger partial charge on any atom is 0.171 e. The van der Waals surface area contributed by atoms with E-state index in [0.29, 0.717) is 0 Å². The number of hydrogen-bond acceptors (Lipinski definition) is 4. The summed E-state index contributed by atoms with van der Waals surface area (Å²) >= 11 is 0. The van der Waals surface area contributed by atoms with Gasteiger partial charge in [0, 0.05) is 6.54 Å². The molecule has 1 rings (SSSR count). The third-order valence-electron chi connectivity index (χ3n) is 1.90. The van der Waals surface area contributed by atoms with Gasteiger partial charge >= 0.3 is 0 Å². The number of hydrogen-bond donors (Lipinski definition) is 2. The first-order valence-corrected chi connectivity index (χ1v) is 5.99. The molecule has 0 saturated carbocycles. The Morgan fingerprint density at radius 1 is 1.21 bits per heavy atom. The molecule has 1 unspecified atom stereocenters. The molecule has 0 aromatic heterocycles. The fourth-order valence-electron chi connectivity index (χ4n) is 1.06. The van der Waals surface area contributed by atoms with Crippen LogP contribution in [0.4, 0.5) is 0 Å². The molecule has 0 aliphatic carbocycles. The predicted molar refractivity (Wildman–Crippen MR) is 56.1 cm³/mol. The van der Waals surface area contributed by atoms with Crippen LogP contribution in [0.5, 0.6) is 0 Å². The van der Waals surface area contributed by atoms with Crippen molar-refractivity contribution in [1.29, 1.82) is 0 Å². The van der Waals surface area contributed by atoms with E-state index in [1.54, 1.807) is 24.3 Å². The zero-order valence-corrected chi connectivity index (χ0v) is 8.57. The average Bonchev–Trinajstić information content (AvgIpc) is 2.17. The number of sulfone groups is 1. The maximum atomic E-state index is 11.5. The summed E-state index contributed by atoms with van der Waals surface area (Å²) in [5.74, 6) is -0.0494. The summed E-state index contributed by atoms with van der Waals surface area (Å²) in [4.78, 5) is 0. The lowest BCUT2D eigenvalue weighted by molar-refractivity contribution is 0.580. The van der Waals surface area contributed by atoms with Gasteiger partial charge in [-0.15, -0.1) is 0 Å². The average molecular weight is 214 g/mol. The topological polar surface area (TPSA) is 86.2 Å². The van der Waals surface area contributed by atoms with Gasteiger partial charge in [0.2, 0.25) is 0 Å². The molecule has 1 aromatic rings. The minimum Gasteiger partial charge on any atom is -0.328 e. The minimum atomic E-state index is -3.31. The van der Waals surface area contributed by atoms with Crippen molar-refractivity contribution in [1.82, 2.24) is 0 Å². The largest absolute Gasteiger partial charge is 0.328 e. The highest BCUT2D eigenvalue weighted by Gasteiger charge is 2.19. The molecule has 0 radical (unpaired) electrons. The van der Waals surface area contributed by atoms with Crippen LogP contribution in [0.2, 0.25) is 0 Å². The molecule has 5 heteroatoms. The van der Waals surface area contributed by atoms with E-state index in [1.807, 2.05) is 6.07 Å². The third-order valence-corrected chi connectivity index (χ3v) is 3.75. The molecule has 1 atom stereocenters. The SMILES string of the molecule is NCC(N)S(=O)(=O)Cc1ccccc1. The molecular formula is C9H14N2O2S. The van der Waals surface area contributed by atoms with Gasteiger partial charge in [-0.25, -0.2) is 8.42 Å². The van der Waals surface area contributed by atoms with Crippen LogP contribution >= 0.6 is 0 Å². The molecule has 0 aliphatic rings. The Balaban J connectivity index is 2.79. The first-order chi connectivity index (χ1) is 6.56. The maximum absolute atomic E-state index is 11.5. The van der Waals surface area contributed by atoms with Gasteiger partial charge in [-0.05, 0) is 5.56 Å². The van der Waals surface area contributed by atoms with Crippen molar-refractivity contribution in [2.45, 2.75) is 11.1 Å². The molecule has 0 amide bonds. The first kappa shape index (κ1) is 11.2. The van der Waals surface area contributed by atoms with Crippen LogP contribution in [-0.2, 0) is 15.6 Å². The van der Waals surface area contributed by atoms with Gasteiger partial charge in [0.25, 0.3) is 0 Å². The van der Waals surface area contributed by atoms with Crippen LogP contribution in [0.3, 0.4) is 0 Å². The molecule has 0 bridgehead atoms. The second-order valence-corrected chi connectivity index (χ2v) is 5.29. The molecule has 78 valence electrons. The number of rotatable bonds is 4. The highest BCUT2D eigenvalue weighted by atomic mass is 32.2. The molecule has 14 heavy (non-hydrogen) atoms. The van der Waals surface area contributed by atoms with E-state index < -0.39 is 15.2 Å². The molecule has 0 fully saturated rings. The third kappa shape index (κ3) is 2.80. The molecular weight excluding hydrogens is 200 g/mol. The van der Waals surface area contributed by atoms with Crippen molar-refractivity contribution in [2.75, 3.05) is 6.54 Å². The summed E-state index contributed by atoms with van der Waals surface area (Å²) < 4.78 is 23.1. The normalized spacial score (nSPS) is 13.9. The van der Waals surface area contributed by atoms with Gasteiger partial charge < -0.3 is 11.5 Å². The fourth-order valence-corrected chi connectivity index (χ4v) is 2.22. The molecule has 0 spiro atoms. The summed E-state index contributed by atoms with van der Waals surface area (Å²) in [7, 11) is -3.31. The van der Waals surface area contributed by atoms with Crippen LogP contribution < -0.4 is 11.5 Å². The lowest BCUT2D eigenvalue weighted by Gasteiger charge is -2.10. The Labute approximate surface area is 83.8 Å². The zero-order valence-electron chi connectivity index (χ0n) is 7.76. The van der Waals surface area contributed by atoms with E-state index in [4.69, 9.17) is 11.5 Å². The Hall–Kier alpha value is -0.910. The Kier molecular flexibility index (Phi) is 3.62. The van der Waals surface area contributed by atoms with Crippen molar-refractivity contribution in [3.63, 3.8) is 0 Å². The Bertz CT molecular complexity index is 375. The van der Waals surface area contributed by atoms with Crippen LogP contribution in [0, 0.1) is 0 Å². The van der Waals surface area contributed by atoms with Crippen LogP contribution in [-0.4, -0.2) is 20.3 Å². The van der Waals surface area contributed by atoms with Gasteiger partial charge in [0.15, 0.2) is 9.84 Å². The Morgan fingerprint density at radius 2 is 1.79 bits per heavy atom. The van der Waals surface area contributed by atoms with E-state index >= 15 is 0 Å². The molecule has 1 aromatic carbocycles. The van der Waals surface area contributed by atoms with Gasteiger partial charge in [-0.3, -0.25) is 0 Å². The highest BCUT2D eigenvalue weighted by molar-refractivity contribution is 7.91. The van der Waals surface area contributed by atoms with E-state index in [1.165, 1.54) is 0 Å². The van der Waals surface area contributed by atoms with E-state index in [9.17, 15) is 8.42 Å². The van der Waals surface area contributed by atoms with Crippen molar-refractivity contribution < 1.29 is 8.42 Å². The monoisotopic (exact) mass is 214 g/mol. The van der Waals surface area contributed by atoms with E-state index in [-0.39, 0.29) is 12.3 Å². The predicted octanol–water partition coefficient (Wildman–Crippen LogP) is -0.155. The van der Waals surface area contributed by atoms with Crippen LogP contribution in [0.25, 0.3) is 0 Å². The van der Waals surface area contributed by atoms with Gasteiger partial charge in [0.05, 0.1) is 5.75 Å². The van der Waals surface area contributed by atoms with Gasteiger partial charge in [0.1, 0.15) is 5.37 Å². The minimum absolute atomic E-state index is 0.0465. The highest BCUT2D eigenvalue weighted by Crippen LogP contribution is 2.07. The lowest BCUT2D eigenvalue weighted by Crippen LogP contribution is -2.38. The Morgan fingerprint density at radius 3 is 2.29 bits per heavy atom. The van der Waals surface area contributed by atoms with Crippen molar-refractivity contribution in [3.8, 4) is 0 Å².